The minimum Gasteiger partial charge on any atom is -0.458 e. The highest BCUT2D eigenvalue weighted by atomic mass is 16.5. The molecule has 1 fully saturated rings. The molecular formula is C16H16N2O3. The van der Waals surface area contributed by atoms with Crippen LogP contribution in [-0.4, -0.2) is 12.1 Å². The number of esters is 1. The van der Waals surface area contributed by atoms with E-state index in [1.54, 1.807) is 6.07 Å². The van der Waals surface area contributed by atoms with Crippen molar-refractivity contribution in [1.29, 1.82) is 5.26 Å². The predicted octanol–water partition coefficient (Wildman–Crippen LogP) is 3.10. The third kappa shape index (κ3) is 2.84. The van der Waals surface area contributed by atoms with E-state index in [9.17, 15) is 10.1 Å². The van der Waals surface area contributed by atoms with Crippen LogP contribution in [0.2, 0.25) is 0 Å². The van der Waals surface area contributed by atoms with Crippen LogP contribution in [0.3, 0.4) is 0 Å². The number of hydrogen-bond acceptors (Lipinski definition) is 5. The Hall–Kier alpha value is -2.48. The number of fused-ring (bicyclic) bond motifs is 1. The summed E-state index contributed by atoms with van der Waals surface area (Å²) < 4.78 is 10.9. The molecule has 1 aliphatic heterocycles. The summed E-state index contributed by atoms with van der Waals surface area (Å²) in [6.07, 6.45) is 4.97. The molecule has 0 bridgehead atoms. The Morgan fingerprint density at radius 3 is 2.76 bits per heavy atom. The highest BCUT2D eigenvalue weighted by molar-refractivity contribution is 5.94. The summed E-state index contributed by atoms with van der Waals surface area (Å²) in [6, 6.07) is 9.16. The molecule has 1 heterocycles. The molecule has 0 aromatic heterocycles. The Bertz CT molecular complexity index is 598. The fourth-order valence-electron chi connectivity index (χ4n) is 2.61. The van der Waals surface area contributed by atoms with Crippen LogP contribution in [0.4, 0.5) is 5.69 Å². The van der Waals surface area contributed by atoms with Crippen LogP contribution in [0.15, 0.2) is 35.7 Å². The molecule has 21 heavy (non-hydrogen) atoms. The number of rotatable bonds is 2. The van der Waals surface area contributed by atoms with Gasteiger partial charge in [0, 0.05) is 0 Å². The SMILES string of the molecule is N#C/C(C(=O)OC1CCCCC1)=C1/Nc2ccccc2O1. The van der Waals surface area contributed by atoms with Gasteiger partial charge >= 0.3 is 5.97 Å². The quantitative estimate of drug-likeness (QED) is 0.513. The van der Waals surface area contributed by atoms with Crippen molar-refractivity contribution < 1.29 is 14.3 Å². The number of nitriles is 1. The second kappa shape index (κ2) is 5.88. The number of anilines is 1. The van der Waals surface area contributed by atoms with E-state index < -0.39 is 5.97 Å². The van der Waals surface area contributed by atoms with E-state index in [0.29, 0.717) is 5.75 Å². The molecule has 5 nitrogen and oxygen atoms in total. The number of benzene rings is 1. The molecule has 5 heteroatoms. The highest BCUT2D eigenvalue weighted by Gasteiger charge is 2.27. The van der Waals surface area contributed by atoms with Gasteiger partial charge in [-0.15, -0.1) is 0 Å². The van der Waals surface area contributed by atoms with Crippen LogP contribution in [0.5, 0.6) is 5.75 Å². The van der Waals surface area contributed by atoms with E-state index in [2.05, 4.69) is 5.32 Å². The molecule has 0 radical (unpaired) electrons. The molecule has 0 amide bonds. The average Bonchev–Trinajstić information content (AvgIpc) is 2.92. The molecule has 0 unspecified atom stereocenters. The van der Waals surface area contributed by atoms with Gasteiger partial charge in [-0.2, -0.15) is 5.26 Å². The second-order valence-corrected chi connectivity index (χ2v) is 5.20. The first-order valence-electron chi connectivity index (χ1n) is 7.17. The number of carbonyl (C=O) groups is 1. The van der Waals surface area contributed by atoms with Crippen molar-refractivity contribution in [1.82, 2.24) is 0 Å². The topological polar surface area (TPSA) is 71.4 Å². The summed E-state index contributed by atoms with van der Waals surface area (Å²) >= 11 is 0. The standard InChI is InChI=1S/C16H16N2O3/c17-10-12(16(19)20-11-6-2-1-3-7-11)15-18-13-8-4-5-9-14(13)21-15/h4-5,8-9,11,18H,1-3,6-7H2/b15-12+. The zero-order valence-corrected chi connectivity index (χ0v) is 11.6. The number of ether oxygens (including phenoxy) is 2. The van der Waals surface area contributed by atoms with Gasteiger partial charge in [-0.25, -0.2) is 4.79 Å². The lowest BCUT2D eigenvalue weighted by atomic mass is 9.98. The molecule has 1 saturated carbocycles. The van der Waals surface area contributed by atoms with Crippen molar-refractivity contribution in [2.24, 2.45) is 0 Å². The zero-order valence-electron chi connectivity index (χ0n) is 11.6. The summed E-state index contributed by atoms with van der Waals surface area (Å²) in [4.78, 5) is 12.2. The Morgan fingerprint density at radius 1 is 1.29 bits per heavy atom. The van der Waals surface area contributed by atoms with Gasteiger partial charge in [0.2, 0.25) is 5.88 Å². The van der Waals surface area contributed by atoms with E-state index in [0.717, 1.165) is 31.4 Å². The normalized spacial score (nSPS) is 19.8. The molecular weight excluding hydrogens is 268 g/mol. The molecule has 2 aliphatic rings. The van der Waals surface area contributed by atoms with E-state index in [1.807, 2.05) is 24.3 Å². The van der Waals surface area contributed by atoms with Crippen LogP contribution in [0, 0.1) is 11.3 Å². The van der Waals surface area contributed by atoms with Gasteiger partial charge < -0.3 is 14.8 Å². The van der Waals surface area contributed by atoms with Crippen molar-refractivity contribution in [3.05, 3.63) is 35.7 Å². The first kappa shape index (κ1) is 13.5. The maximum Gasteiger partial charge on any atom is 0.354 e. The van der Waals surface area contributed by atoms with Crippen LogP contribution in [0.25, 0.3) is 0 Å². The molecule has 0 spiro atoms. The fraction of sp³-hybridized carbons (Fsp3) is 0.375. The van der Waals surface area contributed by atoms with Crippen LogP contribution < -0.4 is 10.1 Å². The lowest BCUT2D eigenvalue weighted by Gasteiger charge is -2.21. The molecule has 108 valence electrons. The Morgan fingerprint density at radius 2 is 2.05 bits per heavy atom. The van der Waals surface area contributed by atoms with Crippen molar-refractivity contribution in [2.75, 3.05) is 5.32 Å². The zero-order chi connectivity index (χ0) is 14.7. The molecule has 1 aromatic rings. The van der Waals surface area contributed by atoms with Crippen molar-refractivity contribution in [2.45, 2.75) is 38.2 Å². The lowest BCUT2D eigenvalue weighted by Crippen LogP contribution is -2.23. The first-order chi connectivity index (χ1) is 10.3. The van der Waals surface area contributed by atoms with Gasteiger partial charge in [-0.1, -0.05) is 18.6 Å². The summed E-state index contributed by atoms with van der Waals surface area (Å²) in [6.45, 7) is 0. The summed E-state index contributed by atoms with van der Waals surface area (Å²) in [5.74, 6) is 0.143. The number of nitrogens with zero attached hydrogens (tertiary/aromatic N) is 1. The Kier molecular flexibility index (Phi) is 3.78. The minimum absolute atomic E-state index is 0.0843. The first-order valence-corrected chi connectivity index (χ1v) is 7.17. The maximum atomic E-state index is 12.2. The summed E-state index contributed by atoms with van der Waals surface area (Å²) in [5.41, 5.74) is 0.627. The minimum atomic E-state index is -0.611. The molecule has 3 rings (SSSR count). The molecule has 1 aromatic carbocycles. The molecule has 0 saturated heterocycles. The predicted molar refractivity (Wildman–Crippen MR) is 76.3 cm³/mol. The number of nitrogens with one attached hydrogen (secondary N) is 1. The Balaban J connectivity index is 1.75. The highest BCUT2D eigenvalue weighted by Crippen LogP contribution is 2.34. The Labute approximate surface area is 123 Å². The summed E-state index contributed by atoms with van der Waals surface area (Å²) in [7, 11) is 0. The molecule has 1 N–H and O–H groups in total. The maximum absolute atomic E-state index is 12.2. The van der Waals surface area contributed by atoms with Crippen LogP contribution in [-0.2, 0) is 9.53 Å². The van der Waals surface area contributed by atoms with E-state index >= 15 is 0 Å². The van der Waals surface area contributed by atoms with E-state index in [1.165, 1.54) is 6.42 Å². The van der Waals surface area contributed by atoms with Gasteiger partial charge in [0.15, 0.2) is 11.3 Å². The van der Waals surface area contributed by atoms with Crippen LogP contribution in [0.1, 0.15) is 32.1 Å². The van der Waals surface area contributed by atoms with Gasteiger partial charge in [0.1, 0.15) is 12.2 Å². The van der Waals surface area contributed by atoms with E-state index in [4.69, 9.17) is 9.47 Å². The van der Waals surface area contributed by atoms with Gasteiger partial charge in [0.05, 0.1) is 5.69 Å². The van der Waals surface area contributed by atoms with Crippen molar-refractivity contribution in [3.8, 4) is 11.8 Å². The van der Waals surface area contributed by atoms with E-state index in [-0.39, 0.29) is 17.6 Å². The smallest absolute Gasteiger partial charge is 0.354 e. The van der Waals surface area contributed by atoms with Crippen LogP contribution >= 0.6 is 0 Å². The summed E-state index contributed by atoms with van der Waals surface area (Å²) in [5, 5.41) is 12.2. The van der Waals surface area contributed by atoms with Gasteiger partial charge in [0.25, 0.3) is 0 Å². The van der Waals surface area contributed by atoms with Crippen molar-refractivity contribution in [3.63, 3.8) is 0 Å². The molecule has 0 atom stereocenters. The largest absolute Gasteiger partial charge is 0.458 e. The number of hydrogen-bond donors (Lipinski definition) is 1. The lowest BCUT2D eigenvalue weighted by molar-refractivity contribution is -0.145. The average molecular weight is 284 g/mol. The van der Waals surface area contributed by atoms with Gasteiger partial charge in [-0.05, 0) is 37.8 Å². The second-order valence-electron chi connectivity index (χ2n) is 5.20. The van der Waals surface area contributed by atoms with Gasteiger partial charge in [-0.3, -0.25) is 0 Å². The van der Waals surface area contributed by atoms with Crippen molar-refractivity contribution >= 4 is 11.7 Å². The monoisotopic (exact) mass is 284 g/mol. The number of para-hydroxylation sites is 2. The third-order valence-corrected chi connectivity index (χ3v) is 3.72. The molecule has 1 aliphatic carbocycles. The third-order valence-electron chi connectivity index (χ3n) is 3.72. The fourth-order valence-corrected chi connectivity index (χ4v) is 2.61. The number of carbonyl (C=O) groups excluding carboxylic acids is 1.